The molecule has 6 heteroatoms. The van der Waals surface area contributed by atoms with E-state index in [2.05, 4.69) is 19.2 Å². The summed E-state index contributed by atoms with van der Waals surface area (Å²) in [6.45, 7) is 4.73. The van der Waals surface area contributed by atoms with Crippen molar-refractivity contribution in [3.63, 3.8) is 0 Å². The van der Waals surface area contributed by atoms with Gasteiger partial charge in [-0.05, 0) is 37.3 Å². The molecule has 0 aromatic heterocycles. The summed E-state index contributed by atoms with van der Waals surface area (Å²) in [7, 11) is 0. The quantitative estimate of drug-likeness (QED) is 0.799. The lowest BCUT2D eigenvalue weighted by atomic mass is 9.88. The minimum atomic E-state index is -0.879. The summed E-state index contributed by atoms with van der Waals surface area (Å²) in [5, 5.41) is 2.25. The first-order chi connectivity index (χ1) is 9.85. The van der Waals surface area contributed by atoms with Crippen LogP contribution in [0.5, 0.6) is 0 Å². The molecule has 1 unspecified atom stereocenters. The lowest BCUT2D eigenvalue weighted by molar-refractivity contribution is -0.116. The van der Waals surface area contributed by atoms with Gasteiger partial charge in [0.05, 0.1) is 10.7 Å². The zero-order valence-electron chi connectivity index (χ0n) is 12.3. The lowest BCUT2D eigenvalue weighted by Crippen LogP contribution is -2.19. The molecule has 21 heavy (non-hydrogen) atoms. The number of nitrogens with two attached hydrogens (primary N) is 1. The molecule has 1 aromatic carbocycles. The fourth-order valence-corrected chi connectivity index (χ4v) is 2.45. The molecule has 0 aliphatic carbocycles. The molecule has 1 rings (SSSR count). The van der Waals surface area contributed by atoms with Gasteiger partial charge >= 0.3 is 0 Å². The molecule has 0 saturated heterocycles. The van der Waals surface area contributed by atoms with Crippen LogP contribution in [0.3, 0.4) is 0 Å². The van der Waals surface area contributed by atoms with Gasteiger partial charge in [0.1, 0.15) is 5.82 Å². The van der Waals surface area contributed by atoms with Crippen LogP contribution in [0.15, 0.2) is 12.1 Å². The first-order valence-electron chi connectivity index (χ1n) is 6.99. The van der Waals surface area contributed by atoms with Crippen LogP contribution in [0.1, 0.15) is 33.1 Å². The number of amides is 1. The first kappa shape index (κ1) is 17.9. The average Bonchev–Trinajstić information content (AvgIpc) is 2.38. The Kier molecular flexibility index (Phi) is 7.05. The molecule has 3 N–H and O–H groups in total. The second-order valence-electron chi connectivity index (χ2n) is 5.41. The molecule has 0 radical (unpaired) electrons. The largest absolute Gasteiger partial charge is 0.330 e. The van der Waals surface area contributed by atoms with E-state index in [1.165, 1.54) is 0 Å². The Labute approximate surface area is 128 Å². The van der Waals surface area contributed by atoms with E-state index in [-0.39, 0.29) is 23.0 Å². The Hall–Kier alpha value is -1.20. The molecule has 1 amide bonds. The van der Waals surface area contributed by atoms with Gasteiger partial charge in [0.15, 0.2) is 5.82 Å². The lowest BCUT2D eigenvalue weighted by Gasteiger charge is -2.19. The van der Waals surface area contributed by atoms with Crippen molar-refractivity contribution in [1.29, 1.82) is 0 Å². The molecule has 0 fully saturated rings. The smallest absolute Gasteiger partial charge is 0.224 e. The van der Waals surface area contributed by atoms with Crippen molar-refractivity contribution < 1.29 is 13.6 Å². The Bertz CT molecular complexity index is 472. The van der Waals surface area contributed by atoms with Gasteiger partial charge in [0.25, 0.3) is 0 Å². The third-order valence-electron chi connectivity index (χ3n) is 3.49. The van der Waals surface area contributed by atoms with Gasteiger partial charge in [-0.3, -0.25) is 4.79 Å². The third-order valence-corrected chi connectivity index (χ3v) is 3.79. The van der Waals surface area contributed by atoms with Gasteiger partial charge in [-0.25, -0.2) is 8.78 Å². The van der Waals surface area contributed by atoms with E-state index < -0.39 is 11.6 Å². The van der Waals surface area contributed by atoms with Crippen LogP contribution in [0.4, 0.5) is 14.5 Å². The maximum atomic E-state index is 13.6. The SMILES string of the molecule is CC(C)C(CCN)CCC(=O)Nc1c(F)cc(F)cc1Cl. The highest BCUT2D eigenvalue weighted by atomic mass is 35.5. The molecule has 0 bridgehead atoms. The maximum Gasteiger partial charge on any atom is 0.224 e. The van der Waals surface area contributed by atoms with E-state index in [9.17, 15) is 13.6 Å². The van der Waals surface area contributed by atoms with Crippen LogP contribution in [0.2, 0.25) is 5.02 Å². The number of hydrogen-bond acceptors (Lipinski definition) is 2. The Morgan fingerprint density at radius 2 is 2.00 bits per heavy atom. The predicted molar refractivity (Wildman–Crippen MR) is 81.2 cm³/mol. The first-order valence-corrected chi connectivity index (χ1v) is 7.37. The van der Waals surface area contributed by atoms with Crippen LogP contribution in [0.25, 0.3) is 0 Å². The van der Waals surface area contributed by atoms with Crippen molar-refractivity contribution in [3.8, 4) is 0 Å². The highest BCUT2D eigenvalue weighted by Gasteiger charge is 2.17. The van der Waals surface area contributed by atoms with E-state index in [1.54, 1.807) is 0 Å². The van der Waals surface area contributed by atoms with Crippen molar-refractivity contribution >= 4 is 23.2 Å². The third kappa shape index (κ3) is 5.59. The Morgan fingerprint density at radius 1 is 1.33 bits per heavy atom. The number of anilines is 1. The van der Waals surface area contributed by atoms with Crippen LogP contribution in [-0.2, 0) is 4.79 Å². The van der Waals surface area contributed by atoms with Crippen molar-refractivity contribution in [1.82, 2.24) is 0 Å². The molecule has 1 atom stereocenters. The molecule has 0 aliphatic heterocycles. The number of carbonyl (C=O) groups is 1. The maximum absolute atomic E-state index is 13.6. The molecule has 1 aromatic rings. The highest BCUT2D eigenvalue weighted by Crippen LogP contribution is 2.27. The van der Waals surface area contributed by atoms with Gasteiger partial charge in [-0.1, -0.05) is 25.4 Å². The molecule has 0 aliphatic rings. The Morgan fingerprint density at radius 3 is 2.52 bits per heavy atom. The van der Waals surface area contributed by atoms with E-state index >= 15 is 0 Å². The number of carbonyl (C=O) groups excluding carboxylic acids is 1. The fraction of sp³-hybridized carbons (Fsp3) is 0.533. The summed E-state index contributed by atoms with van der Waals surface area (Å²) in [4.78, 5) is 11.9. The van der Waals surface area contributed by atoms with E-state index in [0.29, 0.717) is 30.9 Å². The molecular weight excluding hydrogens is 298 g/mol. The summed E-state index contributed by atoms with van der Waals surface area (Å²) < 4.78 is 26.5. The number of benzene rings is 1. The van der Waals surface area contributed by atoms with E-state index in [0.717, 1.165) is 12.5 Å². The monoisotopic (exact) mass is 318 g/mol. The summed E-state index contributed by atoms with van der Waals surface area (Å²) in [5.74, 6) is -1.24. The van der Waals surface area contributed by atoms with Crippen LogP contribution >= 0.6 is 11.6 Å². The van der Waals surface area contributed by atoms with Crippen molar-refractivity contribution in [3.05, 3.63) is 28.8 Å². The van der Waals surface area contributed by atoms with Gasteiger partial charge in [-0.15, -0.1) is 0 Å². The zero-order chi connectivity index (χ0) is 16.0. The standard InChI is InChI=1S/C15H21ClF2N2O/c1-9(2)10(5-6-19)3-4-14(21)20-15-12(16)7-11(17)8-13(15)18/h7-10H,3-6,19H2,1-2H3,(H,20,21). The topological polar surface area (TPSA) is 55.1 Å². The van der Waals surface area contributed by atoms with Crippen molar-refractivity contribution in [2.75, 3.05) is 11.9 Å². The van der Waals surface area contributed by atoms with Gasteiger partial charge in [-0.2, -0.15) is 0 Å². The highest BCUT2D eigenvalue weighted by molar-refractivity contribution is 6.33. The minimum Gasteiger partial charge on any atom is -0.330 e. The summed E-state index contributed by atoms with van der Waals surface area (Å²) in [5.41, 5.74) is 5.37. The van der Waals surface area contributed by atoms with Crippen LogP contribution < -0.4 is 11.1 Å². The summed E-state index contributed by atoms with van der Waals surface area (Å²) >= 11 is 5.73. The molecule has 3 nitrogen and oxygen atoms in total. The number of nitrogens with one attached hydrogen (secondary N) is 1. The molecule has 0 saturated carbocycles. The number of halogens is 3. The van der Waals surface area contributed by atoms with E-state index in [4.69, 9.17) is 17.3 Å². The van der Waals surface area contributed by atoms with Gasteiger partial charge < -0.3 is 11.1 Å². The van der Waals surface area contributed by atoms with E-state index in [1.807, 2.05) is 0 Å². The van der Waals surface area contributed by atoms with Crippen molar-refractivity contribution in [2.45, 2.75) is 33.1 Å². The van der Waals surface area contributed by atoms with Gasteiger partial charge in [0, 0.05) is 12.5 Å². The van der Waals surface area contributed by atoms with Gasteiger partial charge in [0.2, 0.25) is 5.91 Å². The van der Waals surface area contributed by atoms with Crippen LogP contribution in [-0.4, -0.2) is 12.5 Å². The summed E-state index contributed by atoms with van der Waals surface area (Å²) in [6, 6.07) is 1.65. The molecule has 0 heterocycles. The normalized spacial score (nSPS) is 12.5. The second kappa shape index (κ2) is 8.29. The number of hydrogen-bond donors (Lipinski definition) is 2. The predicted octanol–water partition coefficient (Wildman–Crippen LogP) is 3.96. The average molecular weight is 319 g/mol. The molecule has 118 valence electrons. The molecular formula is C15H21ClF2N2O. The second-order valence-corrected chi connectivity index (χ2v) is 5.82. The number of rotatable bonds is 7. The van der Waals surface area contributed by atoms with Crippen LogP contribution in [0, 0.1) is 23.5 Å². The van der Waals surface area contributed by atoms with Crippen molar-refractivity contribution in [2.24, 2.45) is 17.6 Å². The summed E-state index contributed by atoms with van der Waals surface area (Å²) in [6.07, 6.45) is 1.76. The fourth-order valence-electron chi connectivity index (χ4n) is 2.21. The Balaban J connectivity index is 2.62. The molecule has 0 spiro atoms. The minimum absolute atomic E-state index is 0.150. The zero-order valence-corrected chi connectivity index (χ0v) is 13.0.